The summed E-state index contributed by atoms with van der Waals surface area (Å²) >= 11 is 0. The van der Waals surface area contributed by atoms with Gasteiger partial charge in [0.2, 0.25) is 0 Å². The van der Waals surface area contributed by atoms with Crippen LogP contribution in [0.5, 0.6) is 5.75 Å². The van der Waals surface area contributed by atoms with Crippen molar-refractivity contribution in [1.82, 2.24) is 4.98 Å². The van der Waals surface area contributed by atoms with Crippen LogP contribution in [-0.4, -0.2) is 28.4 Å². The van der Waals surface area contributed by atoms with Crippen molar-refractivity contribution in [3.63, 3.8) is 0 Å². The molecular formula is C26H22F2N2O4. The number of anilines is 1. The van der Waals surface area contributed by atoms with Crippen LogP contribution in [0, 0.1) is 17.6 Å². The first-order valence-corrected chi connectivity index (χ1v) is 10.7. The van der Waals surface area contributed by atoms with Crippen LogP contribution in [0.4, 0.5) is 14.5 Å². The van der Waals surface area contributed by atoms with Gasteiger partial charge < -0.3 is 9.84 Å². The molecule has 174 valence electrons. The van der Waals surface area contributed by atoms with Crippen molar-refractivity contribution in [2.75, 3.05) is 11.5 Å². The lowest BCUT2D eigenvalue weighted by Gasteiger charge is -2.25. The first kappa shape index (κ1) is 23.1. The maximum absolute atomic E-state index is 14.7. The number of carbonyl (C=O) groups is 2. The summed E-state index contributed by atoms with van der Waals surface area (Å²) in [6.07, 6.45) is 1.44. The molecule has 1 atom stereocenters. The van der Waals surface area contributed by atoms with Gasteiger partial charge in [0.1, 0.15) is 29.2 Å². The molecule has 1 N–H and O–H groups in total. The van der Waals surface area contributed by atoms with Crippen LogP contribution in [0.25, 0.3) is 5.76 Å². The molecular weight excluding hydrogens is 442 g/mol. The molecule has 1 aliphatic rings. The molecule has 3 aromatic rings. The van der Waals surface area contributed by atoms with Crippen molar-refractivity contribution in [3.8, 4) is 5.75 Å². The van der Waals surface area contributed by atoms with Crippen LogP contribution in [-0.2, 0) is 9.59 Å². The second-order valence-electron chi connectivity index (χ2n) is 8.25. The number of pyridine rings is 1. The molecule has 0 saturated carbocycles. The first-order chi connectivity index (χ1) is 16.3. The number of hydrogen-bond donors (Lipinski definition) is 1. The molecule has 8 heteroatoms. The molecule has 1 fully saturated rings. The van der Waals surface area contributed by atoms with Crippen LogP contribution in [0.15, 0.2) is 72.4 Å². The number of ether oxygens (including phenoxy) is 1. The van der Waals surface area contributed by atoms with E-state index in [0.29, 0.717) is 12.4 Å². The van der Waals surface area contributed by atoms with Crippen molar-refractivity contribution in [2.45, 2.75) is 19.9 Å². The zero-order valence-electron chi connectivity index (χ0n) is 18.5. The average molecular weight is 464 g/mol. The maximum atomic E-state index is 14.7. The second-order valence-corrected chi connectivity index (χ2v) is 8.25. The van der Waals surface area contributed by atoms with E-state index in [0.717, 1.165) is 23.1 Å². The lowest BCUT2D eigenvalue weighted by molar-refractivity contribution is -0.132. The summed E-state index contributed by atoms with van der Waals surface area (Å²) in [4.78, 5) is 31.2. The van der Waals surface area contributed by atoms with Gasteiger partial charge in [-0.05, 0) is 42.3 Å². The molecule has 1 unspecified atom stereocenters. The molecule has 1 amide bonds. The number of aromatic nitrogens is 1. The molecule has 2 heterocycles. The number of nitrogens with zero attached hydrogens (tertiary/aromatic N) is 2. The van der Waals surface area contributed by atoms with Crippen LogP contribution in [0.3, 0.4) is 0 Å². The highest BCUT2D eigenvalue weighted by atomic mass is 19.1. The monoisotopic (exact) mass is 464 g/mol. The molecule has 0 bridgehead atoms. The van der Waals surface area contributed by atoms with E-state index in [9.17, 15) is 23.5 Å². The van der Waals surface area contributed by atoms with Gasteiger partial charge in [-0.25, -0.2) is 8.78 Å². The van der Waals surface area contributed by atoms with Gasteiger partial charge in [-0.3, -0.25) is 19.5 Å². The Morgan fingerprint density at radius 2 is 1.88 bits per heavy atom. The van der Waals surface area contributed by atoms with Gasteiger partial charge in [0.25, 0.3) is 11.7 Å². The Balaban J connectivity index is 1.88. The summed E-state index contributed by atoms with van der Waals surface area (Å²) < 4.78 is 34.3. The van der Waals surface area contributed by atoms with Gasteiger partial charge in [0.15, 0.2) is 0 Å². The van der Waals surface area contributed by atoms with Crippen molar-refractivity contribution >= 4 is 23.1 Å². The van der Waals surface area contributed by atoms with Gasteiger partial charge in [0, 0.05) is 17.8 Å². The molecule has 2 aromatic carbocycles. The number of amides is 1. The number of benzene rings is 2. The largest absolute Gasteiger partial charge is 0.507 e. The lowest BCUT2D eigenvalue weighted by Crippen LogP contribution is -2.30. The summed E-state index contributed by atoms with van der Waals surface area (Å²) in [5.41, 5.74) is -0.266. The van der Waals surface area contributed by atoms with Gasteiger partial charge in [-0.1, -0.05) is 32.0 Å². The molecule has 4 rings (SSSR count). The fourth-order valence-electron chi connectivity index (χ4n) is 3.72. The Kier molecular flexibility index (Phi) is 6.40. The number of aliphatic hydroxyl groups is 1. The number of Topliss-reactive ketones (excluding diaryl/α,β-unsaturated/α-hetero) is 1. The third kappa shape index (κ3) is 4.39. The first-order valence-electron chi connectivity index (χ1n) is 10.7. The summed E-state index contributed by atoms with van der Waals surface area (Å²) in [7, 11) is 0. The highest BCUT2D eigenvalue weighted by Crippen LogP contribution is 2.42. The van der Waals surface area contributed by atoms with Gasteiger partial charge in [-0.2, -0.15) is 0 Å². The molecule has 0 aliphatic carbocycles. The number of aliphatic hydroxyl groups excluding tert-OH is 1. The predicted octanol–water partition coefficient (Wildman–Crippen LogP) is 5.02. The van der Waals surface area contributed by atoms with Crippen LogP contribution >= 0.6 is 0 Å². The van der Waals surface area contributed by atoms with E-state index >= 15 is 0 Å². The Bertz CT molecular complexity index is 1270. The second kappa shape index (κ2) is 9.43. The van der Waals surface area contributed by atoms with E-state index in [-0.39, 0.29) is 22.7 Å². The van der Waals surface area contributed by atoms with Crippen LogP contribution < -0.4 is 9.64 Å². The smallest absolute Gasteiger partial charge is 0.300 e. The average Bonchev–Trinajstić information content (AvgIpc) is 3.10. The maximum Gasteiger partial charge on any atom is 0.300 e. The predicted molar refractivity (Wildman–Crippen MR) is 122 cm³/mol. The van der Waals surface area contributed by atoms with E-state index in [1.807, 2.05) is 13.8 Å². The zero-order chi connectivity index (χ0) is 24.4. The zero-order valence-corrected chi connectivity index (χ0v) is 18.5. The molecule has 34 heavy (non-hydrogen) atoms. The fourth-order valence-corrected chi connectivity index (χ4v) is 3.72. The van der Waals surface area contributed by atoms with Gasteiger partial charge in [0.05, 0.1) is 23.6 Å². The Morgan fingerprint density at radius 1 is 1.09 bits per heavy atom. The molecule has 1 saturated heterocycles. The summed E-state index contributed by atoms with van der Waals surface area (Å²) in [6, 6.07) is 12.6. The third-order valence-electron chi connectivity index (χ3n) is 5.27. The minimum absolute atomic E-state index is 0.208. The Labute approximate surface area is 195 Å². The number of halogens is 2. The van der Waals surface area contributed by atoms with E-state index in [4.69, 9.17) is 4.74 Å². The fraction of sp³-hybridized carbons (Fsp3) is 0.192. The summed E-state index contributed by atoms with van der Waals surface area (Å²) in [5, 5.41) is 11.2. The van der Waals surface area contributed by atoms with E-state index in [1.54, 1.807) is 36.4 Å². The van der Waals surface area contributed by atoms with E-state index in [1.165, 1.54) is 12.3 Å². The number of hydrogen-bond acceptors (Lipinski definition) is 5. The van der Waals surface area contributed by atoms with Crippen molar-refractivity contribution in [2.24, 2.45) is 5.92 Å². The molecule has 1 aromatic heterocycles. The standard InChI is InChI=1S/C26H22F2N2O4/c1-15(2)14-34-18-7-5-6-16(12-18)24(31)22-23(20-8-3-4-11-29-20)30(26(33)25(22)32)21-13-17(27)9-10-19(21)28/h3-13,15,23,31H,14H2,1-2H3/b24-22+. The minimum Gasteiger partial charge on any atom is -0.507 e. The van der Waals surface area contributed by atoms with Crippen LogP contribution in [0.1, 0.15) is 31.1 Å². The normalized spacial score (nSPS) is 17.4. The summed E-state index contributed by atoms with van der Waals surface area (Å²) in [6.45, 7) is 4.43. The highest BCUT2D eigenvalue weighted by molar-refractivity contribution is 6.51. The Hall–Kier alpha value is -4.07. The van der Waals surface area contributed by atoms with E-state index in [2.05, 4.69) is 4.98 Å². The molecule has 1 aliphatic heterocycles. The quantitative estimate of drug-likeness (QED) is 0.315. The number of carbonyl (C=O) groups excluding carboxylic acids is 2. The van der Waals surface area contributed by atoms with Crippen LogP contribution in [0.2, 0.25) is 0 Å². The van der Waals surface area contributed by atoms with Crippen molar-refractivity contribution in [3.05, 3.63) is 95.3 Å². The molecule has 0 radical (unpaired) electrons. The van der Waals surface area contributed by atoms with Gasteiger partial charge in [-0.15, -0.1) is 0 Å². The number of rotatable bonds is 6. The van der Waals surface area contributed by atoms with E-state index < -0.39 is 40.8 Å². The topological polar surface area (TPSA) is 79.7 Å². The molecule has 6 nitrogen and oxygen atoms in total. The highest BCUT2D eigenvalue weighted by Gasteiger charge is 2.48. The number of ketones is 1. The Morgan fingerprint density at radius 3 is 2.59 bits per heavy atom. The lowest BCUT2D eigenvalue weighted by atomic mass is 9.98. The minimum atomic E-state index is -1.27. The van der Waals surface area contributed by atoms with Gasteiger partial charge >= 0.3 is 0 Å². The SMILES string of the molecule is CC(C)COc1cccc(/C(O)=C2\C(=O)C(=O)N(c3cc(F)ccc3F)C2c2ccccn2)c1. The van der Waals surface area contributed by atoms with Crippen molar-refractivity contribution < 1.29 is 28.2 Å². The third-order valence-corrected chi connectivity index (χ3v) is 5.27. The molecule has 0 spiro atoms. The van der Waals surface area contributed by atoms with Crippen molar-refractivity contribution in [1.29, 1.82) is 0 Å². The summed E-state index contributed by atoms with van der Waals surface area (Å²) in [5.74, 6) is -3.55.